The van der Waals surface area contributed by atoms with Crippen molar-refractivity contribution in [3.8, 4) is 0 Å². The summed E-state index contributed by atoms with van der Waals surface area (Å²) in [6, 6.07) is 2.17. The van der Waals surface area contributed by atoms with E-state index < -0.39 is 10.0 Å². The van der Waals surface area contributed by atoms with E-state index in [1.165, 1.54) is 15.6 Å². The number of ether oxygens (including phenoxy) is 1. The highest BCUT2D eigenvalue weighted by Gasteiger charge is 2.26. The summed E-state index contributed by atoms with van der Waals surface area (Å²) in [5, 5.41) is 5.03. The molecule has 2 rings (SSSR count). The Morgan fingerprint density at radius 1 is 1.40 bits per heavy atom. The van der Waals surface area contributed by atoms with Crippen molar-refractivity contribution in [2.24, 2.45) is 0 Å². The van der Waals surface area contributed by atoms with Gasteiger partial charge in [-0.05, 0) is 12.5 Å². The molecule has 7 heteroatoms. The van der Waals surface area contributed by atoms with Crippen molar-refractivity contribution in [1.29, 1.82) is 0 Å². The van der Waals surface area contributed by atoms with E-state index in [0.29, 0.717) is 43.8 Å². The minimum Gasteiger partial charge on any atom is -0.380 e. The van der Waals surface area contributed by atoms with E-state index in [4.69, 9.17) is 4.74 Å². The molecule has 0 radical (unpaired) electrons. The molecular weight excluding hydrogens is 296 g/mol. The minimum absolute atomic E-state index is 0.389. The van der Waals surface area contributed by atoms with Gasteiger partial charge in [-0.1, -0.05) is 13.8 Å². The fourth-order valence-corrected chi connectivity index (χ4v) is 4.68. The van der Waals surface area contributed by atoms with Gasteiger partial charge >= 0.3 is 0 Å². The number of nitrogens with one attached hydrogen (secondary N) is 1. The first-order chi connectivity index (χ1) is 9.50. The zero-order valence-electron chi connectivity index (χ0n) is 12.0. The van der Waals surface area contributed by atoms with E-state index in [1.807, 2.05) is 0 Å². The summed E-state index contributed by atoms with van der Waals surface area (Å²) in [7, 11) is -3.37. The fraction of sp³-hybridized carbons (Fsp3) is 0.692. The number of hydrogen-bond acceptors (Lipinski definition) is 5. The molecule has 2 heterocycles. The monoisotopic (exact) mass is 318 g/mol. The molecule has 0 spiro atoms. The number of nitrogens with zero attached hydrogens (tertiary/aromatic N) is 1. The standard InChI is InChI=1S/C13H22N2O3S2/c1-11(2)14-9-12-8-13(10-19-12)20(16,17)15-4-3-6-18-7-5-15/h8,10-11,14H,3-7,9H2,1-2H3. The van der Waals surface area contributed by atoms with Crippen molar-refractivity contribution < 1.29 is 13.2 Å². The quantitative estimate of drug-likeness (QED) is 0.897. The van der Waals surface area contributed by atoms with Crippen molar-refractivity contribution in [2.45, 2.75) is 37.8 Å². The number of rotatable bonds is 5. The predicted octanol–water partition coefficient (Wildman–Crippen LogP) is 1.66. The molecule has 1 fully saturated rings. The van der Waals surface area contributed by atoms with E-state index in [2.05, 4.69) is 19.2 Å². The maximum atomic E-state index is 12.5. The summed E-state index contributed by atoms with van der Waals surface area (Å²) in [5.74, 6) is 0. The first kappa shape index (κ1) is 15.9. The molecule has 0 bridgehead atoms. The largest absolute Gasteiger partial charge is 0.380 e. The van der Waals surface area contributed by atoms with Crippen molar-refractivity contribution in [3.63, 3.8) is 0 Å². The lowest BCUT2D eigenvalue weighted by Crippen LogP contribution is -2.33. The highest BCUT2D eigenvalue weighted by molar-refractivity contribution is 7.89. The summed E-state index contributed by atoms with van der Waals surface area (Å²) in [6.07, 6.45) is 0.755. The predicted molar refractivity (Wildman–Crippen MR) is 80.5 cm³/mol. The molecule has 0 atom stereocenters. The lowest BCUT2D eigenvalue weighted by atomic mass is 10.4. The Bertz CT molecular complexity index is 517. The van der Waals surface area contributed by atoms with Gasteiger partial charge in [0.25, 0.3) is 0 Å². The molecule has 0 unspecified atom stereocenters. The third-order valence-electron chi connectivity index (χ3n) is 3.13. The summed E-state index contributed by atoms with van der Waals surface area (Å²) in [4.78, 5) is 1.45. The van der Waals surface area contributed by atoms with Crippen LogP contribution < -0.4 is 5.32 Å². The average molecular weight is 318 g/mol. The van der Waals surface area contributed by atoms with Gasteiger partial charge in [-0.25, -0.2) is 8.42 Å². The van der Waals surface area contributed by atoms with Crippen LogP contribution in [0, 0.1) is 0 Å². The Hall–Kier alpha value is -0.470. The Morgan fingerprint density at radius 3 is 2.95 bits per heavy atom. The van der Waals surface area contributed by atoms with Crippen LogP contribution in [0.3, 0.4) is 0 Å². The average Bonchev–Trinajstić information content (AvgIpc) is 2.70. The summed E-state index contributed by atoms with van der Waals surface area (Å²) in [6.45, 7) is 6.95. The molecule has 1 aromatic rings. The van der Waals surface area contributed by atoms with Crippen LogP contribution >= 0.6 is 11.3 Å². The van der Waals surface area contributed by atoms with Crippen LogP contribution in [0.25, 0.3) is 0 Å². The molecule has 1 saturated heterocycles. The van der Waals surface area contributed by atoms with Gasteiger partial charge in [0, 0.05) is 42.5 Å². The topological polar surface area (TPSA) is 58.6 Å². The third kappa shape index (κ3) is 4.02. The molecule has 5 nitrogen and oxygen atoms in total. The van der Waals surface area contributed by atoms with Gasteiger partial charge in [0.05, 0.1) is 11.5 Å². The maximum Gasteiger partial charge on any atom is 0.243 e. The SMILES string of the molecule is CC(C)NCc1cc(S(=O)(=O)N2CCCOCC2)cs1. The highest BCUT2D eigenvalue weighted by atomic mass is 32.2. The lowest BCUT2D eigenvalue weighted by molar-refractivity contribution is 0.148. The first-order valence-electron chi connectivity index (χ1n) is 6.89. The second kappa shape index (κ2) is 7.00. The minimum atomic E-state index is -3.37. The van der Waals surface area contributed by atoms with Crippen LogP contribution in [0.4, 0.5) is 0 Å². The number of sulfonamides is 1. The lowest BCUT2D eigenvalue weighted by Gasteiger charge is -2.18. The summed E-state index contributed by atoms with van der Waals surface area (Å²) < 4.78 is 31.9. The second-order valence-corrected chi connectivity index (χ2v) is 8.09. The van der Waals surface area contributed by atoms with E-state index >= 15 is 0 Å². The Morgan fingerprint density at radius 2 is 2.20 bits per heavy atom. The van der Waals surface area contributed by atoms with Crippen molar-refractivity contribution in [3.05, 3.63) is 16.3 Å². The Kier molecular flexibility index (Phi) is 5.57. The molecule has 0 aliphatic carbocycles. The Labute approximate surface area is 125 Å². The van der Waals surface area contributed by atoms with Crippen LogP contribution in [0.1, 0.15) is 25.1 Å². The van der Waals surface area contributed by atoms with Gasteiger partial charge in [-0.15, -0.1) is 11.3 Å². The van der Waals surface area contributed by atoms with Gasteiger partial charge in [-0.2, -0.15) is 4.31 Å². The van der Waals surface area contributed by atoms with Gasteiger partial charge in [-0.3, -0.25) is 0 Å². The molecule has 0 saturated carbocycles. The normalized spacial score (nSPS) is 18.4. The number of thiophene rings is 1. The summed E-state index contributed by atoms with van der Waals surface area (Å²) >= 11 is 1.49. The molecule has 20 heavy (non-hydrogen) atoms. The molecule has 1 aliphatic heterocycles. The van der Waals surface area contributed by atoms with Crippen LogP contribution in [0.2, 0.25) is 0 Å². The van der Waals surface area contributed by atoms with E-state index in [9.17, 15) is 8.42 Å². The van der Waals surface area contributed by atoms with E-state index in [1.54, 1.807) is 11.4 Å². The van der Waals surface area contributed by atoms with Gasteiger partial charge in [0.1, 0.15) is 0 Å². The zero-order valence-corrected chi connectivity index (χ0v) is 13.6. The van der Waals surface area contributed by atoms with E-state index in [-0.39, 0.29) is 0 Å². The number of hydrogen-bond donors (Lipinski definition) is 1. The van der Waals surface area contributed by atoms with Crippen molar-refractivity contribution >= 4 is 21.4 Å². The van der Waals surface area contributed by atoms with Crippen LogP contribution in [-0.2, 0) is 21.3 Å². The molecule has 0 aromatic carbocycles. The van der Waals surface area contributed by atoms with Gasteiger partial charge < -0.3 is 10.1 Å². The molecule has 0 amide bonds. The van der Waals surface area contributed by atoms with Crippen LogP contribution in [0.5, 0.6) is 0 Å². The van der Waals surface area contributed by atoms with E-state index in [0.717, 1.165) is 11.3 Å². The first-order valence-corrected chi connectivity index (χ1v) is 9.21. The fourth-order valence-electron chi connectivity index (χ4n) is 2.01. The Balaban J connectivity index is 2.08. The molecule has 1 aromatic heterocycles. The molecule has 1 aliphatic rings. The van der Waals surface area contributed by atoms with Crippen molar-refractivity contribution in [1.82, 2.24) is 9.62 Å². The van der Waals surface area contributed by atoms with Crippen LogP contribution in [0.15, 0.2) is 16.3 Å². The second-order valence-electron chi connectivity index (χ2n) is 5.15. The smallest absolute Gasteiger partial charge is 0.243 e. The molecule has 114 valence electrons. The van der Waals surface area contributed by atoms with Crippen LogP contribution in [-0.4, -0.2) is 45.1 Å². The van der Waals surface area contributed by atoms with Gasteiger partial charge in [0.2, 0.25) is 10.0 Å². The third-order valence-corrected chi connectivity index (χ3v) is 6.10. The zero-order chi connectivity index (χ0) is 14.6. The molecule has 1 N–H and O–H groups in total. The van der Waals surface area contributed by atoms with Crippen molar-refractivity contribution in [2.75, 3.05) is 26.3 Å². The highest BCUT2D eigenvalue weighted by Crippen LogP contribution is 2.23. The maximum absolute atomic E-state index is 12.5. The van der Waals surface area contributed by atoms with Gasteiger partial charge in [0.15, 0.2) is 0 Å². The molecular formula is C13H22N2O3S2. The summed E-state index contributed by atoms with van der Waals surface area (Å²) in [5.41, 5.74) is 0.